The van der Waals surface area contributed by atoms with Crippen molar-refractivity contribution in [3.05, 3.63) is 0 Å². The predicted octanol–water partition coefficient (Wildman–Crippen LogP) is -0.228. The molecule has 2 amide bonds. The molecule has 9 heteroatoms. The van der Waals surface area contributed by atoms with Crippen molar-refractivity contribution in [2.75, 3.05) is 19.6 Å². The second-order valence-electron chi connectivity index (χ2n) is 5.28. The number of carbonyl (C=O) groups is 2. The van der Waals surface area contributed by atoms with Crippen LogP contribution in [-0.2, 0) is 14.3 Å². The van der Waals surface area contributed by atoms with E-state index in [4.69, 9.17) is 10.5 Å². The lowest BCUT2D eigenvalue weighted by atomic mass is 10.1. The number of alkyl halides is 3. The van der Waals surface area contributed by atoms with Gasteiger partial charge >= 0.3 is 6.18 Å². The van der Waals surface area contributed by atoms with Gasteiger partial charge in [-0.3, -0.25) is 9.59 Å². The molecule has 6 nitrogen and oxygen atoms in total. The molecule has 3 N–H and O–H groups in total. The van der Waals surface area contributed by atoms with E-state index in [1.807, 2.05) is 0 Å². The van der Waals surface area contributed by atoms with Crippen molar-refractivity contribution in [3.8, 4) is 0 Å². The zero-order valence-corrected chi connectivity index (χ0v) is 11.4. The van der Waals surface area contributed by atoms with Gasteiger partial charge in [-0.2, -0.15) is 13.2 Å². The Morgan fingerprint density at radius 3 is 2.67 bits per heavy atom. The number of halogens is 3. The quantitative estimate of drug-likeness (QED) is 0.751. The fourth-order valence-corrected chi connectivity index (χ4v) is 2.58. The van der Waals surface area contributed by atoms with E-state index in [0.29, 0.717) is 24.3 Å². The normalized spacial score (nSPS) is 30.0. The van der Waals surface area contributed by atoms with Crippen molar-refractivity contribution in [2.45, 2.75) is 43.7 Å². The Morgan fingerprint density at radius 2 is 2.10 bits per heavy atom. The lowest BCUT2D eigenvalue weighted by Crippen LogP contribution is -2.47. The number of hydrogen-bond donors (Lipinski definition) is 2. The van der Waals surface area contributed by atoms with Crippen LogP contribution in [0.15, 0.2) is 0 Å². The van der Waals surface area contributed by atoms with Crippen LogP contribution in [0, 0.1) is 0 Å². The van der Waals surface area contributed by atoms with Gasteiger partial charge in [0, 0.05) is 13.1 Å². The smallest absolute Gasteiger partial charge is 0.364 e. The predicted molar refractivity (Wildman–Crippen MR) is 66.1 cm³/mol. The summed E-state index contributed by atoms with van der Waals surface area (Å²) < 4.78 is 42.2. The maximum absolute atomic E-state index is 12.3. The SMILES string of the molecule is NC[C@H]1CC[C@@H](C(=O)NC2CCN(CC(F)(F)F)C2=O)O1. The summed E-state index contributed by atoms with van der Waals surface area (Å²) in [6.07, 6.45) is -3.95. The summed E-state index contributed by atoms with van der Waals surface area (Å²) in [4.78, 5) is 24.4. The molecule has 2 aliphatic heterocycles. The average Bonchev–Trinajstić information content (AvgIpc) is 2.99. The van der Waals surface area contributed by atoms with Gasteiger partial charge in [-0.15, -0.1) is 0 Å². The highest BCUT2D eigenvalue weighted by Gasteiger charge is 2.41. The van der Waals surface area contributed by atoms with Crippen molar-refractivity contribution in [3.63, 3.8) is 0 Å². The Morgan fingerprint density at radius 1 is 1.38 bits per heavy atom. The molecule has 2 fully saturated rings. The Balaban J connectivity index is 1.84. The molecule has 0 aromatic rings. The Hall–Kier alpha value is -1.35. The fraction of sp³-hybridized carbons (Fsp3) is 0.833. The number of rotatable bonds is 4. The number of ether oxygens (including phenoxy) is 1. The van der Waals surface area contributed by atoms with Crippen LogP contribution in [0.5, 0.6) is 0 Å². The number of likely N-dealkylation sites (tertiary alicyclic amines) is 1. The molecule has 21 heavy (non-hydrogen) atoms. The fourth-order valence-electron chi connectivity index (χ4n) is 2.58. The number of nitrogens with zero attached hydrogens (tertiary/aromatic N) is 1. The summed E-state index contributed by atoms with van der Waals surface area (Å²) in [6.45, 7) is -0.987. The van der Waals surface area contributed by atoms with Gasteiger partial charge < -0.3 is 20.7 Å². The third kappa shape index (κ3) is 4.07. The first-order valence-electron chi connectivity index (χ1n) is 6.81. The van der Waals surface area contributed by atoms with E-state index >= 15 is 0 Å². The molecule has 2 aliphatic rings. The highest BCUT2D eigenvalue weighted by Crippen LogP contribution is 2.22. The van der Waals surface area contributed by atoms with Crippen LogP contribution in [0.3, 0.4) is 0 Å². The van der Waals surface area contributed by atoms with Gasteiger partial charge in [-0.1, -0.05) is 0 Å². The van der Waals surface area contributed by atoms with E-state index < -0.39 is 36.7 Å². The van der Waals surface area contributed by atoms with Gasteiger partial charge in [0.25, 0.3) is 0 Å². The van der Waals surface area contributed by atoms with Crippen molar-refractivity contribution < 1.29 is 27.5 Å². The van der Waals surface area contributed by atoms with Crippen LogP contribution in [0.4, 0.5) is 13.2 Å². The molecule has 120 valence electrons. The summed E-state index contributed by atoms with van der Waals surface area (Å²) in [6, 6.07) is -0.902. The summed E-state index contributed by atoms with van der Waals surface area (Å²) in [5, 5.41) is 2.47. The largest absolute Gasteiger partial charge is 0.406 e. The van der Waals surface area contributed by atoms with E-state index in [-0.39, 0.29) is 19.1 Å². The molecule has 2 heterocycles. The number of carbonyl (C=O) groups excluding carboxylic acids is 2. The minimum absolute atomic E-state index is 0.0137. The maximum atomic E-state index is 12.3. The van der Waals surface area contributed by atoms with Gasteiger partial charge in [0.2, 0.25) is 11.8 Å². The van der Waals surface area contributed by atoms with Gasteiger partial charge in [0.05, 0.1) is 6.10 Å². The van der Waals surface area contributed by atoms with E-state index in [2.05, 4.69) is 5.32 Å². The topological polar surface area (TPSA) is 84.7 Å². The summed E-state index contributed by atoms with van der Waals surface area (Å²) in [5.74, 6) is -1.16. The number of amides is 2. The van der Waals surface area contributed by atoms with Crippen LogP contribution in [0.2, 0.25) is 0 Å². The monoisotopic (exact) mass is 309 g/mol. The number of nitrogens with two attached hydrogens (primary N) is 1. The second-order valence-corrected chi connectivity index (χ2v) is 5.28. The van der Waals surface area contributed by atoms with Gasteiger partial charge in [-0.05, 0) is 19.3 Å². The molecule has 0 bridgehead atoms. The molecule has 0 aliphatic carbocycles. The minimum atomic E-state index is -4.43. The summed E-state index contributed by atoms with van der Waals surface area (Å²) in [5.41, 5.74) is 5.43. The second kappa shape index (κ2) is 6.18. The van der Waals surface area contributed by atoms with Gasteiger partial charge in [0.15, 0.2) is 0 Å². The molecule has 2 saturated heterocycles. The first kappa shape index (κ1) is 16.0. The van der Waals surface area contributed by atoms with Crippen LogP contribution in [0.25, 0.3) is 0 Å². The van der Waals surface area contributed by atoms with Crippen LogP contribution < -0.4 is 11.1 Å². The van der Waals surface area contributed by atoms with Crippen LogP contribution >= 0.6 is 0 Å². The van der Waals surface area contributed by atoms with E-state index in [9.17, 15) is 22.8 Å². The molecule has 3 atom stereocenters. The first-order valence-corrected chi connectivity index (χ1v) is 6.81. The zero-order valence-electron chi connectivity index (χ0n) is 11.4. The molecular weight excluding hydrogens is 291 g/mol. The first-order chi connectivity index (χ1) is 9.80. The molecule has 0 saturated carbocycles. The highest BCUT2D eigenvalue weighted by atomic mass is 19.4. The molecule has 1 unspecified atom stereocenters. The molecule has 0 aromatic heterocycles. The Bertz CT molecular complexity index is 416. The van der Waals surface area contributed by atoms with E-state index in [1.54, 1.807) is 0 Å². The van der Waals surface area contributed by atoms with E-state index in [1.165, 1.54) is 0 Å². The Labute approximate surface area is 119 Å². The number of nitrogens with one attached hydrogen (secondary N) is 1. The molecule has 0 radical (unpaired) electrons. The van der Waals surface area contributed by atoms with Crippen molar-refractivity contribution >= 4 is 11.8 Å². The Kier molecular flexibility index (Phi) is 4.72. The molecule has 2 rings (SSSR count). The molecule has 0 aromatic carbocycles. The van der Waals surface area contributed by atoms with Crippen LogP contribution in [-0.4, -0.2) is 60.8 Å². The third-order valence-corrected chi connectivity index (χ3v) is 3.65. The van der Waals surface area contributed by atoms with Gasteiger partial charge in [-0.25, -0.2) is 0 Å². The lowest BCUT2D eigenvalue weighted by Gasteiger charge is -2.19. The molecular formula is C12H18F3N3O3. The average molecular weight is 309 g/mol. The van der Waals surface area contributed by atoms with Gasteiger partial charge in [0.1, 0.15) is 18.7 Å². The summed E-state index contributed by atoms with van der Waals surface area (Å²) >= 11 is 0. The number of hydrogen-bond acceptors (Lipinski definition) is 4. The summed E-state index contributed by atoms with van der Waals surface area (Å²) in [7, 11) is 0. The third-order valence-electron chi connectivity index (χ3n) is 3.65. The lowest BCUT2D eigenvalue weighted by molar-refractivity contribution is -0.158. The standard InChI is InChI=1S/C12H18F3N3O3/c13-12(14,15)6-18-4-3-8(11(18)20)17-10(19)9-2-1-7(5-16)21-9/h7-9H,1-6,16H2,(H,17,19)/t7-,8?,9+/m1/s1. The van der Waals surface area contributed by atoms with Crippen molar-refractivity contribution in [1.29, 1.82) is 0 Å². The zero-order chi connectivity index (χ0) is 15.6. The van der Waals surface area contributed by atoms with Crippen molar-refractivity contribution in [2.24, 2.45) is 5.73 Å². The van der Waals surface area contributed by atoms with Crippen LogP contribution in [0.1, 0.15) is 19.3 Å². The molecule has 0 spiro atoms. The van der Waals surface area contributed by atoms with E-state index in [0.717, 1.165) is 0 Å². The van der Waals surface area contributed by atoms with Crippen molar-refractivity contribution in [1.82, 2.24) is 10.2 Å². The highest BCUT2D eigenvalue weighted by molar-refractivity contribution is 5.90. The maximum Gasteiger partial charge on any atom is 0.406 e. The minimum Gasteiger partial charge on any atom is -0.364 e.